The van der Waals surface area contributed by atoms with Gasteiger partial charge in [0.1, 0.15) is 0 Å². The lowest BCUT2D eigenvalue weighted by atomic mass is 9.71. The van der Waals surface area contributed by atoms with E-state index in [-0.39, 0.29) is 0 Å². The number of rotatable bonds is 1. The molecular weight excluding hydrogens is 188 g/mol. The molecule has 0 bridgehead atoms. The smallest absolute Gasteiger partial charge is 0.0731 e. The van der Waals surface area contributed by atoms with Gasteiger partial charge in [0.2, 0.25) is 0 Å². The zero-order chi connectivity index (χ0) is 10.1. The minimum atomic E-state index is 0.492. The first-order chi connectivity index (χ1) is 7.45. The van der Waals surface area contributed by atoms with E-state index < -0.39 is 0 Å². The molecule has 2 heterocycles. The maximum atomic E-state index is 5.94. The maximum absolute atomic E-state index is 5.94. The van der Waals surface area contributed by atoms with E-state index in [9.17, 15) is 0 Å². The second-order valence-electron chi connectivity index (χ2n) is 5.29. The third-order valence-electron chi connectivity index (χ3n) is 4.49. The van der Waals surface area contributed by atoms with E-state index in [1.165, 1.54) is 32.4 Å². The first kappa shape index (κ1) is 10.1. The molecule has 0 aromatic heterocycles. The summed E-state index contributed by atoms with van der Waals surface area (Å²) in [5.74, 6) is 2.64. The van der Waals surface area contributed by atoms with Gasteiger partial charge in [-0.05, 0) is 43.7 Å². The van der Waals surface area contributed by atoms with Crippen LogP contribution in [0.3, 0.4) is 0 Å². The van der Waals surface area contributed by atoms with Gasteiger partial charge in [-0.25, -0.2) is 0 Å². The van der Waals surface area contributed by atoms with Crippen LogP contribution in [0.5, 0.6) is 0 Å². The van der Waals surface area contributed by atoms with Crippen molar-refractivity contribution in [2.45, 2.75) is 25.4 Å². The Morgan fingerprint density at radius 3 is 2.80 bits per heavy atom. The number of fused-ring (bicyclic) bond motifs is 1. The number of hydrogen-bond acceptors (Lipinski definition) is 3. The van der Waals surface area contributed by atoms with Gasteiger partial charge < -0.3 is 15.4 Å². The van der Waals surface area contributed by atoms with E-state index >= 15 is 0 Å². The third-order valence-corrected chi connectivity index (χ3v) is 4.49. The molecule has 2 saturated heterocycles. The van der Waals surface area contributed by atoms with Crippen molar-refractivity contribution in [2.75, 3.05) is 32.8 Å². The predicted molar refractivity (Wildman–Crippen MR) is 59.8 cm³/mol. The molecule has 0 aromatic rings. The van der Waals surface area contributed by atoms with Crippen LogP contribution in [-0.2, 0) is 4.74 Å². The van der Waals surface area contributed by atoms with E-state index in [1.807, 2.05) is 0 Å². The molecule has 3 heteroatoms. The second kappa shape index (κ2) is 4.40. The Hall–Kier alpha value is -0.120. The largest absolute Gasteiger partial charge is 0.375 e. The Morgan fingerprint density at radius 2 is 1.93 bits per heavy atom. The topological polar surface area (TPSA) is 33.3 Å². The van der Waals surface area contributed by atoms with Gasteiger partial charge in [0, 0.05) is 13.1 Å². The molecule has 86 valence electrons. The summed E-state index contributed by atoms with van der Waals surface area (Å²) in [4.78, 5) is 0. The van der Waals surface area contributed by atoms with Crippen molar-refractivity contribution in [1.82, 2.24) is 10.6 Å². The van der Waals surface area contributed by atoms with Gasteiger partial charge in [-0.15, -0.1) is 0 Å². The highest BCUT2D eigenvalue weighted by Crippen LogP contribution is 2.39. The lowest BCUT2D eigenvalue weighted by Crippen LogP contribution is -2.47. The first-order valence-corrected chi connectivity index (χ1v) is 6.48. The van der Waals surface area contributed by atoms with Crippen LogP contribution in [0.2, 0.25) is 0 Å². The molecule has 0 spiro atoms. The average Bonchev–Trinajstić information content (AvgIpc) is 2.78. The van der Waals surface area contributed by atoms with Crippen LogP contribution in [0, 0.1) is 17.8 Å². The summed E-state index contributed by atoms with van der Waals surface area (Å²) in [6, 6.07) is 0. The molecule has 0 amide bonds. The van der Waals surface area contributed by atoms with E-state index in [2.05, 4.69) is 10.6 Å². The highest BCUT2D eigenvalue weighted by atomic mass is 16.5. The summed E-state index contributed by atoms with van der Waals surface area (Å²) < 4.78 is 5.94. The van der Waals surface area contributed by atoms with Crippen molar-refractivity contribution in [3.05, 3.63) is 0 Å². The molecule has 15 heavy (non-hydrogen) atoms. The number of hydrogen-bond donors (Lipinski definition) is 2. The van der Waals surface area contributed by atoms with Gasteiger partial charge in [-0.2, -0.15) is 0 Å². The Morgan fingerprint density at radius 1 is 0.933 bits per heavy atom. The van der Waals surface area contributed by atoms with Gasteiger partial charge in [0.05, 0.1) is 12.7 Å². The van der Waals surface area contributed by atoms with Gasteiger partial charge in [0.25, 0.3) is 0 Å². The van der Waals surface area contributed by atoms with Crippen LogP contribution in [-0.4, -0.2) is 38.9 Å². The molecule has 3 aliphatic rings. The lowest BCUT2D eigenvalue weighted by molar-refractivity contribution is -0.0417. The van der Waals surface area contributed by atoms with Crippen LogP contribution in [0.1, 0.15) is 19.3 Å². The Kier molecular flexibility index (Phi) is 2.95. The Bertz CT molecular complexity index is 216. The number of ether oxygens (including phenoxy) is 1. The standard InChI is InChI=1S/C12H22N2O/c1-2-9-6-14-7-11(9)10(3-1)12-8-13-4-5-15-12/h9-14H,1-8H2. The van der Waals surface area contributed by atoms with Crippen molar-refractivity contribution in [3.8, 4) is 0 Å². The fraction of sp³-hybridized carbons (Fsp3) is 1.00. The Labute approximate surface area is 91.9 Å². The molecule has 0 aromatic carbocycles. The molecule has 1 aliphatic carbocycles. The molecule has 4 unspecified atom stereocenters. The van der Waals surface area contributed by atoms with Gasteiger partial charge in [-0.1, -0.05) is 6.42 Å². The summed E-state index contributed by atoms with van der Waals surface area (Å²) >= 11 is 0. The second-order valence-corrected chi connectivity index (χ2v) is 5.29. The number of morpholine rings is 1. The van der Waals surface area contributed by atoms with Crippen molar-refractivity contribution < 1.29 is 4.74 Å². The summed E-state index contributed by atoms with van der Waals surface area (Å²) in [6.45, 7) is 5.51. The van der Waals surface area contributed by atoms with Gasteiger partial charge in [0.15, 0.2) is 0 Å². The fourth-order valence-corrected chi connectivity index (χ4v) is 3.72. The SMILES string of the molecule is C1CC2CNCC2C(C2CNCCO2)C1. The number of nitrogens with one attached hydrogen (secondary N) is 2. The highest BCUT2D eigenvalue weighted by molar-refractivity contribution is 4.93. The molecule has 3 rings (SSSR count). The normalized spacial score (nSPS) is 46.4. The summed E-state index contributed by atoms with van der Waals surface area (Å²) in [5, 5.41) is 7.02. The third kappa shape index (κ3) is 1.93. The van der Waals surface area contributed by atoms with E-state index in [0.717, 1.165) is 37.5 Å². The van der Waals surface area contributed by atoms with Crippen LogP contribution in [0.15, 0.2) is 0 Å². The molecule has 4 atom stereocenters. The Balaban J connectivity index is 1.67. The van der Waals surface area contributed by atoms with Gasteiger partial charge in [-0.3, -0.25) is 0 Å². The molecular formula is C12H22N2O. The van der Waals surface area contributed by atoms with Gasteiger partial charge >= 0.3 is 0 Å². The van der Waals surface area contributed by atoms with Crippen LogP contribution in [0.25, 0.3) is 0 Å². The fourth-order valence-electron chi connectivity index (χ4n) is 3.72. The minimum absolute atomic E-state index is 0.492. The van der Waals surface area contributed by atoms with E-state index in [4.69, 9.17) is 4.74 Å². The van der Waals surface area contributed by atoms with Crippen LogP contribution < -0.4 is 10.6 Å². The zero-order valence-electron chi connectivity index (χ0n) is 9.37. The average molecular weight is 210 g/mol. The highest BCUT2D eigenvalue weighted by Gasteiger charge is 2.40. The summed E-state index contributed by atoms with van der Waals surface area (Å²) in [7, 11) is 0. The molecule has 2 aliphatic heterocycles. The summed E-state index contributed by atoms with van der Waals surface area (Å²) in [5.41, 5.74) is 0. The zero-order valence-corrected chi connectivity index (χ0v) is 9.37. The van der Waals surface area contributed by atoms with E-state index in [1.54, 1.807) is 0 Å². The maximum Gasteiger partial charge on any atom is 0.0731 e. The quantitative estimate of drug-likeness (QED) is 0.665. The molecule has 3 nitrogen and oxygen atoms in total. The minimum Gasteiger partial charge on any atom is -0.375 e. The monoisotopic (exact) mass is 210 g/mol. The molecule has 2 N–H and O–H groups in total. The van der Waals surface area contributed by atoms with Crippen LogP contribution in [0.4, 0.5) is 0 Å². The first-order valence-electron chi connectivity index (χ1n) is 6.48. The molecule has 1 saturated carbocycles. The molecule has 0 radical (unpaired) electrons. The molecule has 3 fully saturated rings. The van der Waals surface area contributed by atoms with E-state index in [0.29, 0.717) is 6.10 Å². The van der Waals surface area contributed by atoms with Crippen molar-refractivity contribution in [2.24, 2.45) is 17.8 Å². The summed E-state index contributed by atoms with van der Waals surface area (Å²) in [6.07, 6.45) is 4.73. The predicted octanol–water partition coefficient (Wildman–Crippen LogP) is 0.610. The van der Waals surface area contributed by atoms with Crippen molar-refractivity contribution >= 4 is 0 Å². The van der Waals surface area contributed by atoms with Crippen molar-refractivity contribution in [1.29, 1.82) is 0 Å². The van der Waals surface area contributed by atoms with Crippen LogP contribution >= 0.6 is 0 Å². The lowest BCUT2D eigenvalue weighted by Gasteiger charge is -2.39. The van der Waals surface area contributed by atoms with Crippen molar-refractivity contribution in [3.63, 3.8) is 0 Å².